The van der Waals surface area contributed by atoms with Gasteiger partial charge in [0.1, 0.15) is 18.0 Å². The van der Waals surface area contributed by atoms with E-state index in [2.05, 4.69) is 39.3 Å². The molecule has 0 amide bonds. The number of nitrogens with zero attached hydrogens (tertiary/aromatic N) is 3. The molecule has 3 aromatic heterocycles. The molecule has 6 heteroatoms. The van der Waals surface area contributed by atoms with Gasteiger partial charge >= 0.3 is 0 Å². The van der Waals surface area contributed by atoms with E-state index in [1.54, 1.807) is 6.07 Å². The van der Waals surface area contributed by atoms with Crippen molar-refractivity contribution in [3.8, 4) is 0 Å². The number of fused-ring (bicyclic) bond motifs is 1. The van der Waals surface area contributed by atoms with Gasteiger partial charge in [-0.15, -0.1) is 11.3 Å². The van der Waals surface area contributed by atoms with Crippen LogP contribution in [0.15, 0.2) is 30.6 Å². The summed E-state index contributed by atoms with van der Waals surface area (Å²) in [4.78, 5) is 15.3. The van der Waals surface area contributed by atoms with Crippen molar-refractivity contribution in [1.82, 2.24) is 15.0 Å². The average molecular weight is 285 g/mol. The highest BCUT2D eigenvalue weighted by Crippen LogP contribution is 2.21. The van der Waals surface area contributed by atoms with Gasteiger partial charge in [0, 0.05) is 9.75 Å². The lowest BCUT2D eigenvalue weighted by Crippen LogP contribution is -2.02. The highest BCUT2D eigenvalue weighted by Gasteiger charge is 2.05. The third-order valence-electron chi connectivity index (χ3n) is 3.01. The Morgan fingerprint density at radius 3 is 2.80 bits per heavy atom. The smallest absolute Gasteiger partial charge is 0.166 e. The number of pyridine rings is 1. The minimum absolute atomic E-state index is 0.466. The molecule has 5 nitrogen and oxygen atoms in total. The molecule has 102 valence electrons. The van der Waals surface area contributed by atoms with E-state index in [1.165, 1.54) is 16.1 Å². The molecule has 0 atom stereocenters. The second-order valence-electron chi connectivity index (χ2n) is 4.40. The van der Waals surface area contributed by atoms with Gasteiger partial charge in [-0.2, -0.15) is 0 Å². The van der Waals surface area contributed by atoms with Crippen molar-refractivity contribution in [2.45, 2.75) is 19.9 Å². The van der Waals surface area contributed by atoms with Crippen molar-refractivity contribution in [1.29, 1.82) is 0 Å². The van der Waals surface area contributed by atoms with Crippen LogP contribution in [-0.4, -0.2) is 15.0 Å². The molecule has 3 N–H and O–H groups in total. The third kappa shape index (κ3) is 2.55. The van der Waals surface area contributed by atoms with E-state index in [0.717, 1.165) is 24.2 Å². The minimum Gasteiger partial charge on any atom is -0.384 e. The monoisotopic (exact) mass is 285 g/mol. The van der Waals surface area contributed by atoms with E-state index in [9.17, 15) is 0 Å². The number of aromatic nitrogens is 3. The molecule has 0 fully saturated rings. The molecule has 0 saturated heterocycles. The van der Waals surface area contributed by atoms with Gasteiger partial charge in [0.2, 0.25) is 0 Å². The SMILES string of the molecule is CCc1ccc(CNc2ncnc3nc(N)ccc23)s1. The fourth-order valence-corrected chi connectivity index (χ4v) is 2.87. The Bertz CT molecular complexity index is 737. The number of hydrogen-bond donors (Lipinski definition) is 2. The minimum atomic E-state index is 0.466. The van der Waals surface area contributed by atoms with Gasteiger partial charge in [-0.3, -0.25) is 0 Å². The third-order valence-corrected chi connectivity index (χ3v) is 4.24. The maximum Gasteiger partial charge on any atom is 0.166 e. The highest BCUT2D eigenvalue weighted by molar-refractivity contribution is 7.12. The van der Waals surface area contributed by atoms with E-state index in [4.69, 9.17) is 5.73 Å². The van der Waals surface area contributed by atoms with Crippen molar-refractivity contribution < 1.29 is 0 Å². The first-order valence-corrected chi connectivity index (χ1v) is 7.26. The number of nitrogens with two attached hydrogens (primary N) is 1. The molecule has 3 rings (SSSR count). The van der Waals surface area contributed by atoms with Crippen LogP contribution in [0.2, 0.25) is 0 Å². The molecular weight excluding hydrogens is 270 g/mol. The molecular formula is C14H15N5S. The summed E-state index contributed by atoms with van der Waals surface area (Å²) in [5.41, 5.74) is 6.28. The van der Waals surface area contributed by atoms with Crippen LogP contribution in [0.3, 0.4) is 0 Å². The highest BCUT2D eigenvalue weighted by atomic mass is 32.1. The molecule has 0 aromatic carbocycles. The standard InChI is InChI=1S/C14H15N5S/c1-2-9-3-4-10(20-9)7-16-13-11-5-6-12(15)19-14(11)18-8-17-13/h3-6,8H,2,7H2,1H3,(H3,15,16,17,18,19). The molecule has 3 aromatic rings. The number of thiophene rings is 1. The summed E-state index contributed by atoms with van der Waals surface area (Å²) in [5, 5.41) is 4.22. The summed E-state index contributed by atoms with van der Waals surface area (Å²) in [6, 6.07) is 7.97. The summed E-state index contributed by atoms with van der Waals surface area (Å²) >= 11 is 1.82. The van der Waals surface area contributed by atoms with Crippen molar-refractivity contribution >= 4 is 34.0 Å². The largest absolute Gasteiger partial charge is 0.384 e. The zero-order chi connectivity index (χ0) is 13.9. The number of nitrogen functional groups attached to an aromatic ring is 1. The van der Waals surface area contributed by atoms with E-state index < -0.39 is 0 Å². The fourth-order valence-electron chi connectivity index (χ4n) is 1.98. The van der Waals surface area contributed by atoms with E-state index in [1.807, 2.05) is 17.4 Å². The van der Waals surface area contributed by atoms with Gasteiger partial charge in [0.15, 0.2) is 5.65 Å². The van der Waals surface area contributed by atoms with Gasteiger partial charge < -0.3 is 11.1 Å². The number of anilines is 2. The maximum absolute atomic E-state index is 5.67. The van der Waals surface area contributed by atoms with Crippen LogP contribution >= 0.6 is 11.3 Å². The maximum atomic E-state index is 5.67. The Kier molecular flexibility index (Phi) is 3.47. The summed E-state index contributed by atoms with van der Waals surface area (Å²) < 4.78 is 0. The summed E-state index contributed by atoms with van der Waals surface area (Å²) in [5.74, 6) is 1.25. The summed E-state index contributed by atoms with van der Waals surface area (Å²) in [7, 11) is 0. The Morgan fingerprint density at radius 1 is 1.15 bits per heavy atom. The molecule has 3 heterocycles. The number of hydrogen-bond acceptors (Lipinski definition) is 6. The molecule has 0 bridgehead atoms. The van der Waals surface area contributed by atoms with Crippen molar-refractivity contribution in [3.63, 3.8) is 0 Å². The summed E-state index contributed by atoms with van der Waals surface area (Å²) in [6.07, 6.45) is 2.58. The lowest BCUT2D eigenvalue weighted by atomic mass is 10.3. The Labute approximate surface area is 120 Å². The molecule has 0 spiro atoms. The van der Waals surface area contributed by atoms with Crippen LogP contribution < -0.4 is 11.1 Å². The Balaban J connectivity index is 1.83. The molecule has 0 aliphatic carbocycles. The van der Waals surface area contributed by atoms with Crippen molar-refractivity contribution in [2.24, 2.45) is 0 Å². The van der Waals surface area contributed by atoms with Crippen LogP contribution in [0.4, 0.5) is 11.6 Å². The second-order valence-corrected chi connectivity index (χ2v) is 5.66. The average Bonchev–Trinajstić information content (AvgIpc) is 2.92. The molecule has 0 radical (unpaired) electrons. The Hall–Kier alpha value is -2.21. The van der Waals surface area contributed by atoms with Crippen molar-refractivity contribution in [2.75, 3.05) is 11.1 Å². The van der Waals surface area contributed by atoms with Crippen LogP contribution in [0.1, 0.15) is 16.7 Å². The number of aryl methyl sites for hydroxylation is 1. The second kappa shape index (κ2) is 5.42. The number of nitrogens with one attached hydrogen (secondary N) is 1. The van der Waals surface area contributed by atoms with Crippen molar-refractivity contribution in [3.05, 3.63) is 40.3 Å². The van der Waals surface area contributed by atoms with Crippen LogP contribution in [0.25, 0.3) is 11.0 Å². The normalized spacial score (nSPS) is 10.8. The topological polar surface area (TPSA) is 76.7 Å². The predicted molar refractivity (Wildman–Crippen MR) is 82.8 cm³/mol. The van der Waals surface area contributed by atoms with E-state index in [0.29, 0.717) is 11.5 Å². The molecule has 0 unspecified atom stereocenters. The Morgan fingerprint density at radius 2 is 2.00 bits per heavy atom. The van der Waals surface area contributed by atoms with Crippen LogP contribution in [0, 0.1) is 0 Å². The van der Waals surface area contributed by atoms with Crippen LogP contribution in [-0.2, 0) is 13.0 Å². The molecule has 20 heavy (non-hydrogen) atoms. The molecule has 0 saturated carbocycles. The molecule has 0 aliphatic heterocycles. The zero-order valence-electron chi connectivity index (χ0n) is 11.1. The van der Waals surface area contributed by atoms with Gasteiger partial charge in [-0.05, 0) is 30.7 Å². The number of rotatable bonds is 4. The van der Waals surface area contributed by atoms with Crippen LogP contribution in [0.5, 0.6) is 0 Å². The fraction of sp³-hybridized carbons (Fsp3) is 0.214. The lowest BCUT2D eigenvalue weighted by Gasteiger charge is -2.06. The lowest BCUT2D eigenvalue weighted by molar-refractivity contribution is 1.11. The first-order chi connectivity index (χ1) is 9.76. The zero-order valence-corrected chi connectivity index (χ0v) is 11.9. The van der Waals surface area contributed by atoms with Gasteiger partial charge in [-0.1, -0.05) is 6.92 Å². The van der Waals surface area contributed by atoms with Gasteiger partial charge in [0.25, 0.3) is 0 Å². The van der Waals surface area contributed by atoms with E-state index in [-0.39, 0.29) is 0 Å². The summed E-state index contributed by atoms with van der Waals surface area (Å²) in [6.45, 7) is 2.91. The first kappa shape index (κ1) is 12.8. The van der Waals surface area contributed by atoms with Gasteiger partial charge in [0.05, 0.1) is 11.9 Å². The molecule has 0 aliphatic rings. The first-order valence-electron chi connectivity index (χ1n) is 6.45. The van der Waals surface area contributed by atoms with E-state index >= 15 is 0 Å². The quantitative estimate of drug-likeness (QED) is 0.771. The van der Waals surface area contributed by atoms with Gasteiger partial charge in [-0.25, -0.2) is 15.0 Å². The predicted octanol–water partition coefficient (Wildman–Crippen LogP) is 2.84.